The molecule has 0 saturated heterocycles. The highest BCUT2D eigenvalue weighted by Crippen LogP contribution is 2.51. The van der Waals surface area contributed by atoms with Crippen LogP contribution in [0.5, 0.6) is 0 Å². The molecule has 0 unspecified atom stereocenters. The topological polar surface area (TPSA) is 24.7 Å². The van der Waals surface area contributed by atoms with E-state index in [1.807, 2.05) is 24.3 Å². The first-order valence-electron chi connectivity index (χ1n) is 16.4. The molecular formula is C44H30N2OS. The van der Waals surface area contributed by atoms with Gasteiger partial charge in [-0.05, 0) is 88.3 Å². The molecule has 6 aromatic carbocycles. The Morgan fingerprint density at radius 3 is 1.85 bits per heavy atom. The van der Waals surface area contributed by atoms with Crippen LogP contribution in [-0.2, 0) is 5.41 Å². The predicted molar refractivity (Wildman–Crippen MR) is 201 cm³/mol. The zero-order valence-electron chi connectivity index (χ0n) is 26.6. The number of aromatic nitrogens is 1. The summed E-state index contributed by atoms with van der Waals surface area (Å²) in [5.74, 6) is 0.0220. The molecule has 10 rings (SSSR count). The van der Waals surface area contributed by atoms with Crippen molar-refractivity contribution in [3.05, 3.63) is 167 Å². The molecule has 3 nitrogen and oxygen atoms in total. The van der Waals surface area contributed by atoms with Crippen molar-refractivity contribution in [2.75, 3.05) is 4.90 Å². The van der Waals surface area contributed by atoms with Crippen molar-refractivity contribution in [1.82, 2.24) is 4.40 Å². The van der Waals surface area contributed by atoms with Gasteiger partial charge in [0.05, 0.1) is 22.4 Å². The molecule has 4 heterocycles. The van der Waals surface area contributed by atoms with Gasteiger partial charge in [-0.2, -0.15) is 0 Å². The van der Waals surface area contributed by atoms with Gasteiger partial charge in [-0.25, -0.2) is 0 Å². The molecule has 0 N–H and O–H groups in total. The highest BCUT2D eigenvalue weighted by molar-refractivity contribution is 7.17. The average Bonchev–Trinajstić information content (AvgIpc) is 3.82. The number of hydrogen-bond acceptors (Lipinski definition) is 3. The Balaban J connectivity index is 0.993. The van der Waals surface area contributed by atoms with Gasteiger partial charge in [0.25, 0.3) is 0 Å². The summed E-state index contributed by atoms with van der Waals surface area (Å²) < 4.78 is 2.42. The summed E-state index contributed by atoms with van der Waals surface area (Å²) in [6.45, 7) is 4.58. The van der Waals surface area contributed by atoms with Gasteiger partial charge in [0.1, 0.15) is 4.83 Å². The van der Waals surface area contributed by atoms with Gasteiger partial charge in [-0.1, -0.05) is 92.7 Å². The number of anilines is 3. The van der Waals surface area contributed by atoms with E-state index < -0.39 is 0 Å². The van der Waals surface area contributed by atoms with E-state index in [1.165, 1.54) is 59.9 Å². The lowest BCUT2D eigenvalue weighted by atomic mass is 9.73. The monoisotopic (exact) mass is 634 g/mol. The fourth-order valence-corrected chi connectivity index (χ4v) is 8.98. The zero-order chi connectivity index (χ0) is 32.1. The number of hydrogen-bond donors (Lipinski definition) is 0. The summed E-state index contributed by atoms with van der Waals surface area (Å²) in [7, 11) is 0. The van der Waals surface area contributed by atoms with Gasteiger partial charge in [0, 0.05) is 43.8 Å². The largest absolute Gasteiger partial charge is 0.310 e. The first-order valence-corrected chi connectivity index (χ1v) is 17.3. The molecule has 1 aliphatic heterocycles. The van der Waals surface area contributed by atoms with E-state index >= 15 is 0 Å². The summed E-state index contributed by atoms with van der Waals surface area (Å²) in [4.78, 5) is 17.4. The van der Waals surface area contributed by atoms with Crippen molar-refractivity contribution in [2.45, 2.75) is 19.3 Å². The highest BCUT2D eigenvalue weighted by atomic mass is 32.1. The molecule has 0 fully saturated rings. The van der Waals surface area contributed by atoms with E-state index in [2.05, 4.69) is 144 Å². The second-order valence-electron chi connectivity index (χ2n) is 13.4. The minimum absolute atomic E-state index is 0.0220. The third kappa shape index (κ3) is 3.72. The van der Waals surface area contributed by atoms with Crippen LogP contribution in [0.3, 0.4) is 0 Å². The van der Waals surface area contributed by atoms with Crippen LogP contribution in [0.2, 0.25) is 0 Å². The van der Waals surface area contributed by atoms with Gasteiger partial charge < -0.3 is 4.90 Å². The SMILES string of the molecule is CC1(C)c2ccccc2N(c2ccc(C(=O)c3ccc(-c4cc5c6ccccc6n6c7sccc7c(c4)c56)cc3)cc2)c2ccccc21. The molecule has 4 heteroatoms. The summed E-state index contributed by atoms with van der Waals surface area (Å²) in [6.07, 6.45) is 0. The van der Waals surface area contributed by atoms with Crippen molar-refractivity contribution < 1.29 is 4.79 Å². The molecule has 0 spiro atoms. The molecule has 3 aromatic heterocycles. The van der Waals surface area contributed by atoms with Crippen LogP contribution in [-0.4, -0.2) is 10.2 Å². The maximum atomic E-state index is 13.7. The minimum Gasteiger partial charge on any atom is -0.310 e. The number of thiophene rings is 1. The lowest BCUT2D eigenvalue weighted by Gasteiger charge is -2.42. The van der Waals surface area contributed by atoms with Crippen molar-refractivity contribution in [3.63, 3.8) is 0 Å². The molecule has 0 amide bonds. The number of fused-ring (bicyclic) bond motifs is 8. The molecule has 0 atom stereocenters. The van der Waals surface area contributed by atoms with Crippen molar-refractivity contribution in [2.24, 2.45) is 0 Å². The van der Waals surface area contributed by atoms with Crippen LogP contribution in [0.25, 0.3) is 48.5 Å². The van der Waals surface area contributed by atoms with Crippen LogP contribution in [0.4, 0.5) is 17.1 Å². The van der Waals surface area contributed by atoms with Crippen molar-refractivity contribution in [1.29, 1.82) is 0 Å². The van der Waals surface area contributed by atoms with Crippen LogP contribution in [0.15, 0.2) is 145 Å². The first-order chi connectivity index (χ1) is 23.5. The number of para-hydroxylation sites is 3. The van der Waals surface area contributed by atoms with Crippen LogP contribution < -0.4 is 4.90 Å². The molecule has 1 aliphatic rings. The predicted octanol–water partition coefficient (Wildman–Crippen LogP) is 11.9. The van der Waals surface area contributed by atoms with Crippen molar-refractivity contribution in [3.8, 4) is 11.1 Å². The quantitative estimate of drug-likeness (QED) is 0.180. The molecule has 0 aliphatic carbocycles. The first kappa shape index (κ1) is 27.4. The normalized spacial score (nSPS) is 13.8. The van der Waals surface area contributed by atoms with E-state index in [1.54, 1.807) is 11.3 Å². The smallest absolute Gasteiger partial charge is 0.193 e. The average molecular weight is 635 g/mol. The lowest BCUT2D eigenvalue weighted by Crippen LogP contribution is -2.30. The molecule has 0 radical (unpaired) electrons. The molecule has 48 heavy (non-hydrogen) atoms. The maximum absolute atomic E-state index is 13.7. The van der Waals surface area contributed by atoms with Crippen molar-refractivity contribution >= 4 is 71.6 Å². The fraction of sp³-hybridized carbons (Fsp3) is 0.0682. The van der Waals surface area contributed by atoms with E-state index in [-0.39, 0.29) is 11.2 Å². The van der Waals surface area contributed by atoms with Gasteiger partial charge in [0.2, 0.25) is 0 Å². The Hall–Kier alpha value is -5.71. The summed E-state index contributed by atoms with van der Waals surface area (Å²) in [5, 5.41) is 7.29. The van der Waals surface area contributed by atoms with Gasteiger partial charge in [-0.15, -0.1) is 11.3 Å². The molecule has 228 valence electrons. The number of nitrogens with zero attached hydrogens (tertiary/aromatic N) is 2. The fourth-order valence-electron chi connectivity index (χ4n) is 8.05. The molecule has 0 saturated carbocycles. The molecular weight excluding hydrogens is 605 g/mol. The Morgan fingerprint density at radius 2 is 1.17 bits per heavy atom. The summed E-state index contributed by atoms with van der Waals surface area (Å²) >= 11 is 1.79. The highest BCUT2D eigenvalue weighted by Gasteiger charge is 2.36. The van der Waals surface area contributed by atoms with Crippen LogP contribution in [0.1, 0.15) is 40.9 Å². The zero-order valence-corrected chi connectivity index (χ0v) is 27.4. The second-order valence-corrected chi connectivity index (χ2v) is 14.3. The Morgan fingerprint density at radius 1 is 0.583 bits per heavy atom. The number of rotatable bonds is 4. The van der Waals surface area contributed by atoms with E-state index in [0.29, 0.717) is 11.1 Å². The van der Waals surface area contributed by atoms with E-state index in [9.17, 15) is 4.79 Å². The number of carbonyl (C=O) groups is 1. The van der Waals surface area contributed by atoms with E-state index in [0.717, 1.165) is 16.8 Å². The molecule has 9 aromatic rings. The van der Waals surface area contributed by atoms with Gasteiger partial charge in [-0.3, -0.25) is 9.20 Å². The third-order valence-electron chi connectivity index (χ3n) is 10.4. The van der Waals surface area contributed by atoms with Crippen LogP contribution in [0, 0.1) is 0 Å². The third-order valence-corrected chi connectivity index (χ3v) is 11.3. The number of carbonyl (C=O) groups excluding carboxylic acids is 1. The maximum Gasteiger partial charge on any atom is 0.193 e. The Labute approximate surface area is 282 Å². The number of ketones is 1. The van der Waals surface area contributed by atoms with Crippen LogP contribution >= 0.6 is 11.3 Å². The minimum atomic E-state index is -0.110. The summed E-state index contributed by atoms with van der Waals surface area (Å²) in [6, 6.07) is 48.9. The van der Waals surface area contributed by atoms with Gasteiger partial charge in [0.15, 0.2) is 5.78 Å². The Bertz CT molecular complexity index is 2660. The summed E-state index contributed by atoms with van der Waals surface area (Å²) in [5.41, 5.74) is 12.0. The van der Waals surface area contributed by atoms with Gasteiger partial charge >= 0.3 is 0 Å². The second kappa shape index (κ2) is 9.90. The standard InChI is InChI=1S/C44H30N2OS/c1-44(2)36-10-4-7-13-39(36)45(40-14-8-5-11-37(40)44)31-21-19-29(20-22-31)42(47)28-17-15-27(16-18-28)30-25-34-32-9-3-6-12-38(32)46-41(34)35(26-30)33-23-24-48-43(33)46/h3-26H,1-2H3. The molecule has 0 bridgehead atoms. The van der Waals surface area contributed by atoms with E-state index in [4.69, 9.17) is 0 Å². The number of benzene rings is 6. The Kier molecular flexibility index (Phi) is 5.65. The lowest BCUT2D eigenvalue weighted by molar-refractivity contribution is 0.103.